The van der Waals surface area contributed by atoms with Crippen LogP contribution in [0.4, 0.5) is 0 Å². The number of unbranched alkanes of at least 4 members (excludes halogenated alkanes) is 1. The van der Waals surface area contributed by atoms with Crippen molar-refractivity contribution in [1.29, 1.82) is 5.26 Å². The Morgan fingerprint density at radius 2 is 2.03 bits per heavy atom. The molecule has 8 nitrogen and oxygen atoms in total. The molecule has 0 aliphatic carbocycles. The van der Waals surface area contributed by atoms with E-state index in [0.717, 1.165) is 18.4 Å². The van der Waals surface area contributed by atoms with E-state index in [1.807, 2.05) is 19.9 Å². The van der Waals surface area contributed by atoms with E-state index in [9.17, 15) is 14.9 Å². The molecule has 1 aromatic carbocycles. The van der Waals surface area contributed by atoms with Crippen molar-refractivity contribution in [3.63, 3.8) is 0 Å². The van der Waals surface area contributed by atoms with Crippen molar-refractivity contribution in [3.05, 3.63) is 81.2 Å². The molecule has 0 spiro atoms. The highest BCUT2D eigenvalue weighted by Crippen LogP contribution is 2.15. The van der Waals surface area contributed by atoms with Crippen molar-refractivity contribution in [2.24, 2.45) is 4.99 Å². The van der Waals surface area contributed by atoms with Crippen molar-refractivity contribution in [1.82, 2.24) is 14.0 Å². The van der Waals surface area contributed by atoms with Crippen molar-refractivity contribution in [2.75, 3.05) is 7.11 Å². The summed E-state index contributed by atoms with van der Waals surface area (Å²) in [4.78, 5) is 35.3. The van der Waals surface area contributed by atoms with Crippen molar-refractivity contribution in [2.45, 2.75) is 33.2 Å². The summed E-state index contributed by atoms with van der Waals surface area (Å²) < 4.78 is 8.39. The van der Waals surface area contributed by atoms with Gasteiger partial charge in [0.2, 0.25) is 0 Å². The molecule has 8 heteroatoms. The maximum atomic E-state index is 13.2. The first-order valence-electron chi connectivity index (χ1n) is 10.7. The molecule has 0 N–H and O–H groups in total. The molecule has 0 aliphatic rings. The number of hydrogen-bond acceptors (Lipinski definition) is 5. The second-order valence-corrected chi connectivity index (χ2v) is 7.69. The van der Waals surface area contributed by atoms with Crippen molar-refractivity contribution < 1.29 is 9.53 Å². The van der Waals surface area contributed by atoms with Gasteiger partial charge in [-0.05, 0) is 49.2 Å². The molecule has 4 rings (SSSR count). The van der Waals surface area contributed by atoms with Gasteiger partial charge < -0.3 is 9.30 Å². The molecule has 0 unspecified atom stereocenters. The number of ether oxygens (including phenoxy) is 1. The predicted molar refractivity (Wildman–Crippen MR) is 124 cm³/mol. The molecule has 3 heterocycles. The summed E-state index contributed by atoms with van der Waals surface area (Å²) in [5.41, 5.74) is 2.16. The van der Waals surface area contributed by atoms with Crippen LogP contribution in [0.15, 0.2) is 58.4 Å². The van der Waals surface area contributed by atoms with Gasteiger partial charge in [0.15, 0.2) is 5.49 Å². The molecular formula is C25H23N5O3. The number of methoxy groups -OCH3 is 1. The summed E-state index contributed by atoms with van der Waals surface area (Å²) in [6, 6.07) is 13.9. The standard InChI is InChI=1S/C25H23N5O3/c1-4-5-11-29-22(28-24(31)17-9-6-10-19(13-17)33-3)18(15-26)14-20-23(29)27-21-16(2)8-7-12-30(21)25(20)32/h6-10,12-14H,4-5,11H2,1-3H3. The van der Waals surface area contributed by atoms with Crippen LogP contribution in [-0.4, -0.2) is 27.0 Å². The van der Waals surface area contributed by atoms with E-state index in [1.54, 1.807) is 41.1 Å². The topological polar surface area (TPSA) is 102 Å². The Morgan fingerprint density at radius 1 is 1.21 bits per heavy atom. The van der Waals surface area contributed by atoms with E-state index in [2.05, 4.69) is 11.1 Å². The minimum Gasteiger partial charge on any atom is -0.497 e. The van der Waals surface area contributed by atoms with E-state index in [1.165, 1.54) is 17.6 Å². The average molecular weight is 441 g/mol. The highest BCUT2D eigenvalue weighted by Gasteiger charge is 2.16. The summed E-state index contributed by atoms with van der Waals surface area (Å²) in [7, 11) is 1.52. The minimum atomic E-state index is -0.510. The number of aromatic nitrogens is 3. The number of amides is 1. The Hall–Kier alpha value is -4.25. The molecule has 0 radical (unpaired) electrons. The Morgan fingerprint density at radius 3 is 2.76 bits per heavy atom. The summed E-state index contributed by atoms with van der Waals surface area (Å²) in [5, 5.41) is 10.2. The highest BCUT2D eigenvalue weighted by molar-refractivity contribution is 5.95. The number of carbonyl (C=O) groups excluding carboxylic acids is 1. The van der Waals surface area contributed by atoms with E-state index < -0.39 is 5.91 Å². The highest BCUT2D eigenvalue weighted by atomic mass is 16.5. The summed E-state index contributed by atoms with van der Waals surface area (Å²) >= 11 is 0. The number of aryl methyl sites for hydroxylation is 2. The van der Waals surface area contributed by atoms with Gasteiger partial charge in [-0.25, -0.2) is 4.98 Å². The number of carbonyl (C=O) groups is 1. The van der Waals surface area contributed by atoms with Crippen LogP contribution in [-0.2, 0) is 6.54 Å². The van der Waals surface area contributed by atoms with E-state index in [4.69, 9.17) is 9.72 Å². The van der Waals surface area contributed by atoms with E-state index >= 15 is 0 Å². The zero-order valence-electron chi connectivity index (χ0n) is 18.7. The predicted octanol–water partition coefficient (Wildman–Crippen LogP) is 3.38. The van der Waals surface area contributed by atoms with Gasteiger partial charge in [0.25, 0.3) is 11.5 Å². The Labute approximate surface area is 190 Å². The summed E-state index contributed by atoms with van der Waals surface area (Å²) in [5.74, 6) is 0.0225. The number of pyridine rings is 2. The number of nitrogens with zero attached hydrogens (tertiary/aromatic N) is 5. The number of rotatable bonds is 5. The van der Waals surface area contributed by atoms with Gasteiger partial charge >= 0.3 is 0 Å². The second kappa shape index (κ2) is 9.09. The fourth-order valence-electron chi connectivity index (χ4n) is 3.73. The van der Waals surface area contributed by atoms with Gasteiger partial charge in [-0.1, -0.05) is 25.5 Å². The van der Waals surface area contributed by atoms with E-state index in [0.29, 0.717) is 34.5 Å². The van der Waals surface area contributed by atoms with E-state index in [-0.39, 0.29) is 16.6 Å². The molecular weight excluding hydrogens is 418 g/mol. The fraction of sp³-hybridized carbons (Fsp3) is 0.240. The number of benzene rings is 1. The molecule has 3 aromatic heterocycles. The largest absolute Gasteiger partial charge is 0.497 e. The van der Waals surface area contributed by atoms with Crippen LogP contribution in [0.25, 0.3) is 16.7 Å². The van der Waals surface area contributed by atoms with Gasteiger partial charge in [0, 0.05) is 18.3 Å². The van der Waals surface area contributed by atoms with Crippen LogP contribution in [0, 0.1) is 18.3 Å². The number of nitriles is 1. The molecule has 0 bridgehead atoms. The van der Waals surface area contributed by atoms with Crippen LogP contribution >= 0.6 is 0 Å². The molecule has 0 saturated heterocycles. The van der Waals surface area contributed by atoms with Crippen LogP contribution in [0.2, 0.25) is 0 Å². The lowest BCUT2D eigenvalue weighted by molar-refractivity contribution is 0.0996. The van der Waals surface area contributed by atoms with Gasteiger partial charge in [-0.2, -0.15) is 10.3 Å². The zero-order chi connectivity index (χ0) is 23.5. The maximum Gasteiger partial charge on any atom is 0.279 e. The van der Waals surface area contributed by atoms with Gasteiger partial charge in [-0.3, -0.25) is 14.0 Å². The Kier molecular flexibility index (Phi) is 6.05. The maximum absolute atomic E-state index is 13.2. The van der Waals surface area contributed by atoms with Gasteiger partial charge in [-0.15, -0.1) is 0 Å². The molecule has 0 saturated carbocycles. The summed E-state index contributed by atoms with van der Waals surface area (Å²) in [6.45, 7) is 4.38. The number of fused-ring (bicyclic) bond motifs is 2. The molecule has 33 heavy (non-hydrogen) atoms. The normalized spacial score (nSPS) is 11.6. The molecule has 0 atom stereocenters. The first-order valence-corrected chi connectivity index (χ1v) is 10.7. The zero-order valence-corrected chi connectivity index (χ0v) is 18.7. The van der Waals surface area contributed by atoms with Crippen molar-refractivity contribution >= 4 is 22.6 Å². The lowest BCUT2D eigenvalue weighted by Gasteiger charge is -2.14. The lowest BCUT2D eigenvalue weighted by atomic mass is 10.2. The first kappa shape index (κ1) is 22.0. The third kappa shape index (κ3) is 4.01. The summed E-state index contributed by atoms with van der Waals surface area (Å²) in [6.07, 6.45) is 3.30. The van der Waals surface area contributed by atoms with Crippen LogP contribution < -0.4 is 15.8 Å². The Balaban J connectivity index is 2.08. The monoisotopic (exact) mass is 441 g/mol. The smallest absolute Gasteiger partial charge is 0.279 e. The lowest BCUT2D eigenvalue weighted by Crippen LogP contribution is -2.29. The van der Waals surface area contributed by atoms with Crippen LogP contribution in [0.5, 0.6) is 5.75 Å². The quantitative estimate of drug-likeness (QED) is 0.442. The molecule has 4 aromatic rings. The second-order valence-electron chi connectivity index (χ2n) is 7.69. The molecule has 1 amide bonds. The molecule has 0 aliphatic heterocycles. The number of hydrogen-bond donors (Lipinski definition) is 0. The van der Waals surface area contributed by atoms with Crippen LogP contribution in [0.3, 0.4) is 0 Å². The van der Waals surface area contributed by atoms with Gasteiger partial charge in [0.1, 0.15) is 23.1 Å². The SMILES string of the molecule is CCCCn1c(=NC(=O)c2cccc(OC)c2)c(C#N)cc2c(=O)n3cccc(C)c3nc21. The fourth-order valence-corrected chi connectivity index (χ4v) is 3.73. The molecule has 166 valence electrons. The third-order valence-corrected chi connectivity index (χ3v) is 5.48. The van der Waals surface area contributed by atoms with Crippen LogP contribution in [0.1, 0.15) is 41.3 Å². The van der Waals surface area contributed by atoms with Crippen molar-refractivity contribution in [3.8, 4) is 11.8 Å². The first-order chi connectivity index (χ1) is 16.0. The Bertz CT molecular complexity index is 1560. The minimum absolute atomic E-state index is 0.140. The van der Waals surface area contributed by atoms with Gasteiger partial charge in [0.05, 0.1) is 18.1 Å². The third-order valence-electron chi connectivity index (χ3n) is 5.48. The molecule has 0 fully saturated rings. The average Bonchev–Trinajstić information content (AvgIpc) is 2.84.